The summed E-state index contributed by atoms with van der Waals surface area (Å²) in [6.07, 6.45) is 4.14. The van der Waals surface area contributed by atoms with Gasteiger partial charge in [-0.15, -0.1) is 38.0 Å². The maximum Gasteiger partial charge on any atom is 0.224 e. The van der Waals surface area contributed by atoms with Crippen molar-refractivity contribution in [2.45, 2.75) is 26.3 Å². The molecule has 0 saturated heterocycles. The Labute approximate surface area is 164 Å². The monoisotopic (exact) mass is 387 g/mol. The highest BCUT2D eigenvalue weighted by molar-refractivity contribution is 5.85. The van der Waals surface area contributed by atoms with Crippen LogP contribution in [0.4, 0.5) is 5.69 Å². The van der Waals surface area contributed by atoms with Gasteiger partial charge in [-0.25, -0.2) is 0 Å². The highest BCUT2D eigenvalue weighted by Crippen LogP contribution is 2.11. The number of anilines is 1. The molecule has 0 spiro atoms. The van der Waals surface area contributed by atoms with Crippen molar-refractivity contribution in [3.63, 3.8) is 0 Å². The molecule has 1 unspecified atom stereocenters. The van der Waals surface area contributed by atoms with Gasteiger partial charge in [0.1, 0.15) is 0 Å². The zero-order valence-corrected chi connectivity index (χ0v) is 16.7. The summed E-state index contributed by atoms with van der Waals surface area (Å²) in [5.41, 5.74) is 7.33. The van der Waals surface area contributed by atoms with Gasteiger partial charge in [-0.2, -0.15) is 0 Å². The Kier molecular flexibility index (Phi) is 14.2. The van der Waals surface area contributed by atoms with Crippen molar-refractivity contribution in [3.8, 4) is 0 Å². The van der Waals surface area contributed by atoms with E-state index in [9.17, 15) is 4.79 Å². The van der Waals surface area contributed by atoms with Crippen molar-refractivity contribution in [3.05, 3.63) is 55.1 Å². The first-order valence-electron chi connectivity index (χ1n) is 8.04. The van der Waals surface area contributed by atoms with Crippen LogP contribution >= 0.6 is 24.8 Å². The summed E-state index contributed by atoms with van der Waals surface area (Å²) in [4.78, 5) is 14.4. The Balaban J connectivity index is 0. The van der Waals surface area contributed by atoms with Crippen LogP contribution in [0.1, 0.15) is 19.4 Å². The zero-order valence-electron chi connectivity index (χ0n) is 15.1. The SMILES string of the molecule is C=CCN(CC=C)C(CNC(=O)Cc1ccc(N)cc1)C(C)C.Cl.Cl. The molecule has 142 valence electrons. The Bertz CT molecular complexity index is 508. The molecule has 0 bridgehead atoms. The first-order valence-corrected chi connectivity index (χ1v) is 8.04. The van der Waals surface area contributed by atoms with Gasteiger partial charge in [0.2, 0.25) is 5.91 Å². The number of benzene rings is 1. The molecule has 1 atom stereocenters. The highest BCUT2D eigenvalue weighted by Gasteiger charge is 2.20. The standard InChI is InChI=1S/C19H29N3O.2ClH/c1-5-11-22(12-6-2)18(15(3)4)14-21-19(23)13-16-7-9-17(20)10-8-16;;/h5-10,15,18H,1-2,11-14,20H2,3-4H3,(H,21,23);2*1H. The molecule has 0 heterocycles. The number of carbonyl (C=O) groups is 1. The van der Waals surface area contributed by atoms with Gasteiger partial charge >= 0.3 is 0 Å². The summed E-state index contributed by atoms with van der Waals surface area (Å²) in [5, 5.41) is 3.04. The number of amides is 1. The number of halogens is 2. The highest BCUT2D eigenvalue weighted by atomic mass is 35.5. The van der Waals surface area contributed by atoms with Crippen LogP contribution in [0.5, 0.6) is 0 Å². The van der Waals surface area contributed by atoms with Crippen molar-refractivity contribution < 1.29 is 4.79 Å². The fourth-order valence-electron chi connectivity index (χ4n) is 2.57. The van der Waals surface area contributed by atoms with Crippen LogP contribution in [0.25, 0.3) is 0 Å². The molecule has 1 rings (SSSR count). The molecule has 4 nitrogen and oxygen atoms in total. The number of rotatable bonds is 10. The third-order valence-electron chi connectivity index (χ3n) is 3.82. The first kappa shape index (κ1) is 25.7. The topological polar surface area (TPSA) is 58.4 Å². The fraction of sp³-hybridized carbons (Fsp3) is 0.421. The Morgan fingerprint density at radius 3 is 2.12 bits per heavy atom. The number of hydrogen-bond donors (Lipinski definition) is 2. The minimum atomic E-state index is 0. The summed E-state index contributed by atoms with van der Waals surface area (Å²) in [5.74, 6) is 0.448. The smallest absolute Gasteiger partial charge is 0.224 e. The molecule has 1 aromatic rings. The second-order valence-corrected chi connectivity index (χ2v) is 6.07. The van der Waals surface area contributed by atoms with Crippen molar-refractivity contribution >= 4 is 36.4 Å². The lowest BCUT2D eigenvalue weighted by molar-refractivity contribution is -0.120. The maximum absolute atomic E-state index is 12.2. The lowest BCUT2D eigenvalue weighted by Gasteiger charge is -2.33. The molecule has 1 aromatic carbocycles. The van der Waals surface area contributed by atoms with Gasteiger partial charge in [-0.3, -0.25) is 9.69 Å². The Morgan fingerprint density at radius 2 is 1.68 bits per heavy atom. The van der Waals surface area contributed by atoms with Gasteiger partial charge in [-0.1, -0.05) is 38.1 Å². The Morgan fingerprint density at radius 1 is 1.16 bits per heavy atom. The van der Waals surface area contributed by atoms with E-state index in [1.165, 1.54) is 0 Å². The van der Waals surface area contributed by atoms with Crippen LogP contribution in [0.2, 0.25) is 0 Å². The van der Waals surface area contributed by atoms with Crippen LogP contribution < -0.4 is 11.1 Å². The number of carbonyl (C=O) groups excluding carboxylic acids is 1. The van der Waals surface area contributed by atoms with Crippen molar-refractivity contribution in [2.75, 3.05) is 25.4 Å². The molecule has 6 heteroatoms. The number of hydrogen-bond acceptors (Lipinski definition) is 3. The lowest BCUT2D eigenvalue weighted by atomic mass is 10.0. The number of nitrogens with one attached hydrogen (secondary N) is 1. The van der Waals surface area contributed by atoms with E-state index < -0.39 is 0 Å². The third kappa shape index (κ3) is 9.54. The van der Waals surface area contributed by atoms with E-state index in [4.69, 9.17) is 5.73 Å². The normalized spacial score (nSPS) is 11.2. The van der Waals surface area contributed by atoms with Crippen LogP contribution in [0.3, 0.4) is 0 Å². The average molecular weight is 388 g/mol. The number of nitrogens with two attached hydrogens (primary N) is 1. The molecule has 0 radical (unpaired) electrons. The fourth-order valence-corrected chi connectivity index (χ4v) is 2.57. The van der Waals surface area contributed by atoms with E-state index in [0.717, 1.165) is 18.7 Å². The molecule has 0 aliphatic rings. The minimum Gasteiger partial charge on any atom is -0.399 e. The van der Waals surface area contributed by atoms with E-state index in [0.29, 0.717) is 24.6 Å². The molecular formula is C19H31Cl2N3O. The summed E-state index contributed by atoms with van der Waals surface area (Å²) in [6.45, 7) is 14.1. The van der Waals surface area contributed by atoms with Crippen LogP contribution in [0, 0.1) is 5.92 Å². The maximum atomic E-state index is 12.2. The van der Waals surface area contributed by atoms with Crippen molar-refractivity contribution in [1.29, 1.82) is 0 Å². The molecule has 0 aromatic heterocycles. The molecule has 3 N–H and O–H groups in total. The molecule has 0 aliphatic heterocycles. The van der Waals surface area contributed by atoms with Crippen molar-refractivity contribution in [2.24, 2.45) is 5.92 Å². The van der Waals surface area contributed by atoms with Gasteiger partial charge in [0.15, 0.2) is 0 Å². The van der Waals surface area contributed by atoms with E-state index >= 15 is 0 Å². The lowest BCUT2D eigenvalue weighted by Crippen LogP contribution is -2.47. The van der Waals surface area contributed by atoms with Crippen LogP contribution in [-0.2, 0) is 11.2 Å². The van der Waals surface area contributed by atoms with E-state index in [2.05, 4.69) is 37.2 Å². The summed E-state index contributed by atoms with van der Waals surface area (Å²) >= 11 is 0. The zero-order chi connectivity index (χ0) is 17.2. The molecule has 0 fully saturated rings. The molecule has 1 amide bonds. The summed E-state index contributed by atoms with van der Waals surface area (Å²) < 4.78 is 0. The van der Waals surface area contributed by atoms with E-state index in [1.807, 2.05) is 36.4 Å². The number of nitrogen functional groups attached to an aromatic ring is 1. The van der Waals surface area contributed by atoms with E-state index in [-0.39, 0.29) is 36.8 Å². The third-order valence-corrected chi connectivity index (χ3v) is 3.82. The van der Waals surface area contributed by atoms with Gasteiger partial charge in [0.25, 0.3) is 0 Å². The van der Waals surface area contributed by atoms with Gasteiger partial charge in [0, 0.05) is 31.4 Å². The summed E-state index contributed by atoms with van der Waals surface area (Å²) in [6, 6.07) is 7.65. The predicted molar refractivity (Wildman–Crippen MR) is 113 cm³/mol. The minimum absolute atomic E-state index is 0. The second kappa shape index (κ2) is 13.8. The van der Waals surface area contributed by atoms with Crippen LogP contribution in [-0.4, -0.2) is 36.5 Å². The molecule has 0 aliphatic carbocycles. The second-order valence-electron chi connectivity index (χ2n) is 6.07. The van der Waals surface area contributed by atoms with Gasteiger partial charge in [0.05, 0.1) is 6.42 Å². The molecular weight excluding hydrogens is 357 g/mol. The van der Waals surface area contributed by atoms with Crippen LogP contribution in [0.15, 0.2) is 49.6 Å². The largest absolute Gasteiger partial charge is 0.399 e. The summed E-state index contributed by atoms with van der Waals surface area (Å²) in [7, 11) is 0. The molecule has 0 saturated carbocycles. The molecule has 25 heavy (non-hydrogen) atoms. The Hall–Kier alpha value is -1.49. The van der Waals surface area contributed by atoms with Gasteiger partial charge in [-0.05, 0) is 23.6 Å². The first-order chi connectivity index (χ1) is 11.0. The number of nitrogens with zero attached hydrogens (tertiary/aromatic N) is 1. The van der Waals surface area contributed by atoms with E-state index in [1.54, 1.807) is 0 Å². The average Bonchev–Trinajstić information content (AvgIpc) is 2.50. The predicted octanol–water partition coefficient (Wildman–Crippen LogP) is 3.47. The van der Waals surface area contributed by atoms with Crippen molar-refractivity contribution in [1.82, 2.24) is 10.2 Å². The quantitative estimate of drug-likeness (QED) is 0.477. The van der Waals surface area contributed by atoms with Gasteiger partial charge < -0.3 is 11.1 Å².